The van der Waals surface area contributed by atoms with Crippen molar-refractivity contribution in [3.05, 3.63) is 42.3 Å². The van der Waals surface area contributed by atoms with Crippen molar-refractivity contribution in [2.24, 2.45) is 0 Å². The Kier molecular flexibility index (Phi) is 5.51. The van der Waals surface area contributed by atoms with Crippen LogP contribution >= 0.6 is 0 Å². The second-order valence-corrected chi connectivity index (χ2v) is 6.39. The minimum absolute atomic E-state index is 0.00803. The molecule has 3 rings (SSSR count). The van der Waals surface area contributed by atoms with Crippen LogP contribution in [0.3, 0.4) is 0 Å². The largest absolute Gasteiger partial charge is 0.444 e. The molecule has 0 unspecified atom stereocenters. The molecule has 5 heteroatoms. The van der Waals surface area contributed by atoms with E-state index in [1.807, 2.05) is 42.3 Å². The molecular formula is C19H25N3O2. The molecule has 0 radical (unpaired) electrons. The fourth-order valence-electron chi connectivity index (χ4n) is 3.19. The number of urea groups is 1. The summed E-state index contributed by atoms with van der Waals surface area (Å²) in [6, 6.07) is 10.2. The number of aromatic nitrogens is 1. The molecule has 1 aliphatic rings. The average Bonchev–Trinajstić information content (AvgIpc) is 3.11. The van der Waals surface area contributed by atoms with Gasteiger partial charge in [0.2, 0.25) is 5.89 Å². The molecule has 0 atom stereocenters. The Morgan fingerprint density at radius 3 is 2.75 bits per heavy atom. The van der Waals surface area contributed by atoms with Crippen LogP contribution < -0.4 is 5.32 Å². The molecule has 0 aliphatic heterocycles. The van der Waals surface area contributed by atoms with Gasteiger partial charge in [0.1, 0.15) is 6.26 Å². The lowest BCUT2D eigenvalue weighted by molar-refractivity contribution is 0.174. The van der Waals surface area contributed by atoms with Gasteiger partial charge in [0, 0.05) is 31.6 Å². The van der Waals surface area contributed by atoms with Gasteiger partial charge < -0.3 is 14.6 Å². The topological polar surface area (TPSA) is 58.4 Å². The summed E-state index contributed by atoms with van der Waals surface area (Å²) in [5.41, 5.74) is 1.82. The highest BCUT2D eigenvalue weighted by Crippen LogP contribution is 2.21. The second-order valence-electron chi connectivity index (χ2n) is 6.39. The minimum Gasteiger partial charge on any atom is -0.444 e. The highest BCUT2D eigenvalue weighted by atomic mass is 16.3. The van der Waals surface area contributed by atoms with Crippen LogP contribution in [0.25, 0.3) is 11.5 Å². The van der Waals surface area contributed by atoms with Crippen molar-refractivity contribution < 1.29 is 9.21 Å². The standard InChI is InChI=1S/C19H25N3O2/c1-22(17-10-6-3-7-11-17)19(23)20-13-12-16-14-24-18(21-16)15-8-4-2-5-9-15/h2,4-5,8-9,14,17H,3,6-7,10-13H2,1H3,(H,20,23). The van der Waals surface area contributed by atoms with E-state index in [1.54, 1.807) is 6.26 Å². The quantitative estimate of drug-likeness (QED) is 0.907. The number of rotatable bonds is 5. The Morgan fingerprint density at radius 2 is 2.00 bits per heavy atom. The van der Waals surface area contributed by atoms with Gasteiger partial charge >= 0.3 is 6.03 Å². The Balaban J connectivity index is 1.46. The highest BCUT2D eigenvalue weighted by Gasteiger charge is 2.21. The first-order chi connectivity index (χ1) is 11.7. The van der Waals surface area contributed by atoms with Gasteiger partial charge in [0.15, 0.2) is 0 Å². The van der Waals surface area contributed by atoms with E-state index in [-0.39, 0.29) is 6.03 Å². The van der Waals surface area contributed by atoms with E-state index in [9.17, 15) is 4.79 Å². The van der Waals surface area contributed by atoms with E-state index in [0.717, 1.165) is 24.1 Å². The molecule has 5 nitrogen and oxygen atoms in total. The zero-order chi connectivity index (χ0) is 16.8. The smallest absolute Gasteiger partial charge is 0.317 e. The highest BCUT2D eigenvalue weighted by molar-refractivity contribution is 5.74. The summed E-state index contributed by atoms with van der Waals surface area (Å²) < 4.78 is 5.52. The molecule has 1 N–H and O–H groups in total. The third kappa shape index (κ3) is 4.16. The van der Waals surface area contributed by atoms with Gasteiger partial charge in [0.25, 0.3) is 0 Å². The van der Waals surface area contributed by atoms with Crippen molar-refractivity contribution in [1.29, 1.82) is 0 Å². The molecule has 1 heterocycles. The summed E-state index contributed by atoms with van der Waals surface area (Å²) in [6.07, 6.45) is 8.32. The molecule has 2 amide bonds. The maximum atomic E-state index is 12.2. The van der Waals surface area contributed by atoms with Crippen molar-refractivity contribution in [3.63, 3.8) is 0 Å². The SMILES string of the molecule is CN(C(=O)NCCc1coc(-c2ccccc2)n1)C1CCCCC1. The van der Waals surface area contributed by atoms with Gasteiger partial charge in [-0.1, -0.05) is 37.5 Å². The van der Waals surface area contributed by atoms with E-state index < -0.39 is 0 Å². The molecule has 128 valence electrons. The molecule has 1 fully saturated rings. The van der Waals surface area contributed by atoms with Crippen LogP contribution in [0.1, 0.15) is 37.8 Å². The van der Waals surface area contributed by atoms with Crippen molar-refractivity contribution >= 4 is 6.03 Å². The zero-order valence-corrected chi connectivity index (χ0v) is 14.2. The number of carbonyl (C=O) groups excluding carboxylic acids is 1. The first-order valence-corrected chi connectivity index (χ1v) is 8.74. The van der Waals surface area contributed by atoms with Crippen LogP contribution in [0.15, 0.2) is 41.0 Å². The summed E-state index contributed by atoms with van der Waals surface area (Å²) in [7, 11) is 1.90. The van der Waals surface area contributed by atoms with Gasteiger partial charge in [-0.25, -0.2) is 9.78 Å². The molecule has 24 heavy (non-hydrogen) atoms. The molecule has 1 aromatic heterocycles. The van der Waals surface area contributed by atoms with Gasteiger partial charge in [0.05, 0.1) is 5.69 Å². The van der Waals surface area contributed by atoms with Crippen molar-refractivity contribution in [1.82, 2.24) is 15.2 Å². The van der Waals surface area contributed by atoms with E-state index in [0.29, 0.717) is 24.9 Å². The molecule has 1 aromatic carbocycles. The average molecular weight is 327 g/mol. The fraction of sp³-hybridized carbons (Fsp3) is 0.474. The Hall–Kier alpha value is -2.30. The summed E-state index contributed by atoms with van der Waals surface area (Å²) in [5, 5.41) is 2.98. The maximum absolute atomic E-state index is 12.2. The van der Waals surface area contributed by atoms with E-state index in [4.69, 9.17) is 4.42 Å². The molecular weight excluding hydrogens is 302 g/mol. The van der Waals surface area contributed by atoms with Crippen LogP contribution in [0.4, 0.5) is 4.79 Å². The number of amides is 2. The molecule has 1 aliphatic carbocycles. The minimum atomic E-state index is 0.00803. The number of hydrogen-bond donors (Lipinski definition) is 1. The second kappa shape index (κ2) is 7.99. The number of nitrogens with zero attached hydrogens (tertiary/aromatic N) is 2. The summed E-state index contributed by atoms with van der Waals surface area (Å²) >= 11 is 0. The predicted octanol–water partition coefficient (Wildman–Crippen LogP) is 3.86. The van der Waals surface area contributed by atoms with Crippen molar-refractivity contribution in [2.45, 2.75) is 44.6 Å². The Labute approximate surface area is 143 Å². The monoisotopic (exact) mass is 327 g/mol. The lowest BCUT2D eigenvalue weighted by Crippen LogP contribution is -2.44. The summed E-state index contributed by atoms with van der Waals surface area (Å²) in [6.45, 7) is 0.566. The molecule has 0 spiro atoms. The molecule has 0 saturated heterocycles. The molecule has 0 bridgehead atoms. The molecule has 1 saturated carbocycles. The predicted molar refractivity (Wildman–Crippen MR) is 93.7 cm³/mol. The summed E-state index contributed by atoms with van der Waals surface area (Å²) in [5.74, 6) is 0.622. The van der Waals surface area contributed by atoms with Crippen molar-refractivity contribution in [2.75, 3.05) is 13.6 Å². The van der Waals surface area contributed by atoms with Crippen LogP contribution in [-0.4, -0.2) is 35.5 Å². The third-order valence-electron chi connectivity index (χ3n) is 4.67. The first kappa shape index (κ1) is 16.6. The molecule has 2 aromatic rings. The van der Waals surface area contributed by atoms with Gasteiger partial charge in [-0.3, -0.25) is 0 Å². The number of oxazole rings is 1. The third-order valence-corrected chi connectivity index (χ3v) is 4.67. The lowest BCUT2D eigenvalue weighted by atomic mass is 9.95. The van der Waals surface area contributed by atoms with E-state index in [1.165, 1.54) is 19.3 Å². The van der Waals surface area contributed by atoms with Gasteiger partial charge in [-0.2, -0.15) is 0 Å². The van der Waals surface area contributed by atoms with E-state index in [2.05, 4.69) is 10.3 Å². The Bertz CT molecular complexity index is 648. The lowest BCUT2D eigenvalue weighted by Gasteiger charge is -2.31. The first-order valence-electron chi connectivity index (χ1n) is 8.74. The fourth-order valence-corrected chi connectivity index (χ4v) is 3.19. The van der Waals surface area contributed by atoms with Crippen molar-refractivity contribution in [3.8, 4) is 11.5 Å². The summed E-state index contributed by atoms with van der Waals surface area (Å²) in [4.78, 5) is 18.6. The Morgan fingerprint density at radius 1 is 1.25 bits per heavy atom. The van der Waals surface area contributed by atoms with E-state index >= 15 is 0 Å². The van der Waals surface area contributed by atoms with Crippen LogP contribution in [-0.2, 0) is 6.42 Å². The maximum Gasteiger partial charge on any atom is 0.317 e. The zero-order valence-electron chi connectivity index (χ0n) is 14.2. The number of carbonyl (C=O) groups is 1. The van der Waals surface area contributed by atoms with Crippen LogP contribution in [0, 0.1) is 0 Å². The van der Waals surface area contributed by atoms with Gasteiger partial charge in [-0.15, -0.1) is 0 Å². The van der Waals surface area contributed by atoms with Crippen LogP contribution in [0.2, 0.25) is 0 Å². The normalized spacial score (nSPS) is 15.2. The number of nitrogens with one attached hydrogen (secondary N) is 1. The van der Waals surface area contributed by atoms with Crippen LogP contribution in [0.5, 0.6) is 0 Å². The number of benzene rings is 1. The number of hydrogen-bond acceptors (Lipinski definition) is 3. The van der Waals surface area contributed by atoms with Gasteiger partial charge in [-0.05, 0) is 25.0 Å².